The molecule has 0 spiro atoms. The lowest BCUT2D eigenvalue weighted by Gasteiger charge is -2.18. The van der Waals surface area contributed by atoms with Crippen molar-refractivity contribution in [2.45, 2.75) is 19.5 Å². The van der Waals surface area contributed by atoms with Gasteiger partial charge in [0.25, 0.3) is 0 Å². The van der Waals surface area contributed by atoms with E-state index < -0.39 is 6.04 Å². The number of nitrogens with zero attached hydrogens (tertiary/aromatic N) is 1. The van der Waals surface area contributed by atoms with E-state index in [2.05, 4.69) is 16.4 Å². The average Bonchev–Trinajstić information content (AvgIpc) is 2.63. The molecule has 4 heteroatoms. The maximum Gasteiger partial charge on any atom is 0.327 e. The minimum Gasteiger partial charge on any atom is -0.468 e. The van der Waals surface area contributed by atoms with Crippen LogP contribution in [-0.2, 0) is 16.1 Å². The summed E-state index contributed by atoms with van der Waals surface area (Å²) >= 11 is 0. The van der Waals surface area contributed by atoms with Gasteiger partial charge in [-0.15, -0.1) is 0 Å². The minimum absolute atomic E-state index is 0.299. The molecule has 1 unspecified atom stereocenters. The number of pyridine rings is 1. The standard InChI is InChI=1S/C20H20N2O2/c1-14-18(8-5-11-21-14)13-22-19(20(23)24-2)17-10-9-15-6-3-4-7-16(15)12-17/h3-12,19,22H,13H2,1-2H3. The predicted octanol–water partition coefficient (Wildman–Crippen LogP) is 3.55. The lowest BCUT2D eigenvalue weighted by molar-refractivity contribution is -0.143. The Bertz CT molecular complexity index is 861. The molecule has 2 aromatic carbocycles. The van der Waals surface area contributed by atoms with E-state index in [4.69, 9.17) is 4.74 Å². The summed E-state index contributed by atoms with van der Waals surface area (Å²) in [6, 6.07) is 17.5. The van der Waals surface area contributed by atoms with E-state index >= 15 is 0 Å². The quantitative estimate of drug-likeness (QED) is 0.731. The fourth-order valence-electron chi connectivity index (χ4n) is 2.76. The molecule has 1 aromatic heterocycles. The molecule has 0 amide bonds. The normalized spacial score (nSPS) is 12.1. The summed E-state index contributed by atoms with van der Waals surface area (Å²) in [6.07, 6.45) is 1.76. The molecule has 4 nitrogen and oxygen atoms in total. The Balaban J connectivity index is 1.88. The van der Waals surface area contributed by atoms with E-state index in [-0.39, 0.29) is 5.97 Å². The Morgan fingerprint density at radius 2 is 1.92 bits per heavy atom. The monoisotopic (exact) mass is 320 g/mol. The van der Waals surface area contributed by atoms with Crippen LogP contribution in [0, 0.1) is 6.92 Å². The minimum atomic E-state index is -0.515. The van der Waals surface area contributed by atoms with Crippen LogP contribution in [0.25, 0.3) is 10.8 Å². The van der Waals surface area contributed by atoms with Crippen molar-refractivity contribution in [3.8, 4) is 0 Å². The number of hydrogen-bond donors (Lipinski definition) is 1. The number of nitrogens with one attached hydrogen (secondary N) is 1. The second-order valence-corrected chi connectivity index (χ2v) is 5.69. The molecular formula is C20H20N2O2. The molecule has 122 valence electrons. The Hall–Kier alpha value is -2.72. The highest BCUT2D eigenvalue weighted by atomic mass is 16.5. The molecule has 0 aliphatic heterocycles. The van der Waals surface area contributed by atoms with Gasteiger partial charge in [0, 0.05) is 18.4 Å². The lowest BCUT2D eigenvalue weighted by atomic mass is 10.0. The summed E-state index contributed by atoms with van der Waals surface area (Å²) < 4.78 is 4.98. The van der Waals surface area contributed by atoms with Crippen LogP contribution in [-0.4, -0.2) is 18.1 Å². The van der Waals surface area contributed by atoms with Gasteiger partial charge in [0.15, 0.2) is 0 Å². The van der Waals surface area contributed by atoms with E-state index in [1.54, 1.807) is 6.20 Å². The highest BCUT2D eigenvalue weighted by Gasteiger charge is 2.21. The van der Waals surface area contributed by atoms with Gasteiger partial charge in [0.05, 0.1) is 7.11 Å². The van der Waals surface area contributed by atoms with Gasteiger partial charge in [-0.1, -0.05) is 42.5 Å². The Morgan fingerprint density at radius 1 is 1.12 bits per heavy atom. The number of methoxy groups -OCH3 is 1. The third-order valence-corrected chi connectivity index (χ3v) is 4.16. The molecule has 0 bridgehead atoms. The first-order valence-electron chi connectivity index (χ1n) is 7.89. The van der Waals surface area contributed by atoms with Crippen molar-refractivity contribution >= 4 is 16.7 Å². The van der Waals surface area contributed by atoms with Crippen LogP contribution in [0.1, 0.15) is 22.9 Å². The number of carbonyl (C=O) groups excluding carboxylic acids is 1. The highest BCUT2D eigenvalue weighted by molar-refractivity contribution is 5.85. The molecule has 0 saturated carbocycles. The molecule has 0 radical (unpaired) electrons. The zero-order valence-corrected chi connectivity index (χ0v) is 13.8. The fraction of sp³-hybridized carbons (Fsp3) is 0.200. The second-order valence-electron chi connectivity index (χ2n) is 5.69. The molecule has 0 aliphatic rings. The van der Waals surface area contributed by atoms with Gasteiger partial charge in [0.2, 0.25) is 0 Å². The van der Waals surface area contributed by atoms with Crippen molar-refractivity contribution in [3.05, 3.63) is 77.6 Å². The molecule has 1 atom stereocenters. The molecule has 1 heterocycles. The van der Waals surface area contributed by atoms with Crippen LogP contribution in [0.4, 0.5) is 0 Å². The first-order chi connectivity index (χ1) is 11.7. The molecule has 0 fully saturated rings. The summed E-state index contributed by atoms with van der Waals surface area (Å²) in [4.78, 5) is 16.5. The number of ether oxygens (including phenoxy) is 1. The number of aromatic nitrogens is 1. The smallest absolute Gasteiger partial charge is 0.327 e. The highest BCUT2D eigenvalue weighted by Crippen LogP contribution is 2.22. The van der Waals surface area contributed by atoms with Crippen molar-refractivity contribution in [2.75, 3.05) is 7.11 Å². The molecule has 1 N–H and O–H groups in total. The zero-order chi connectivity index (χ0) is 16.9. The number of aryl methyl sites for hydroxylation is 1. The molecule has 0 aliphatic carbocycles. The average molecular weight is 320 g/mol. The van der Waals surface area contributed by atoms with Crippen LogP contribution >= 0.6 is 0 Å². The number of benzene rings is 2. The van der Waals surface area contributed by atoms with E-state index in [1.807, 2.05) is 55.5 Å². The summed E-state index contributed by atoms with van der Waals surface area (Å²) in [7, 11) is 1.41. The SMILES string of the molecule is COC(=O)C(NCc1cccnc1C)c1ccc2ccccc2c1. The summed E-state index contributed by atoms with van der Waals surface area (Å²) in [5.41, 5.74) is 2.90. The van der Waals surface area contributed by atoms with Crippen molar-refractivity contribution in [2.24, 2.45) is 0 Å². The van der Waals surface area contributed by atoms with Gasteiger partial charge in [-0.05, 0) is 41.0 Å². The fourth-order valence-corrected chi connectivity index (χ4v) is 2.76. The third kappa shape index (κ3) is 3.44. The zero-order valence-electron chi connectivity index (χ0n) is 13.8. The molecule has 3 aromatic rings. The van der Waals surface area contributed by atoms with Crippen molar-refractivity contribution in [3.63, 3.8) is 0 Å². The van der Waals surface area contributed by atoms with Gasteiger partial charge in [0.1, 0.15) is 6.04 Å². The van der Waals surface area contributed by atoms with Crippen molar-refractivity contribution in [1.29, 1.82) is 0 Å². The van der Waals surface area contributed by atoms with Gasteiger partial charge in [-0.3, -0.25) is 10.3 Å². The van der Waals surface area contributed by atoms with Gasteiger partial charge in [-0.2, -0.15) is 0 Å². The number of esters is 1. The first kappa shape index (κ1) is 16.1. The Morgan fingerprint density at radius 3 is 2.67 bits per heavy atom. The number of carbonyl (C=O) groups is 1. The number of rotatable bonds is 5. The molecule has 3 rings (SSSR count). The van der Waals surface area contributed by atoms with Crippen LogP contribution in [0.5, 0.6) is 0 Å². The third-order valence-electron chi connectivity index (χ3n) is 4.16. The molecule has 24 heavy (non-hydrogen) atoms. The number of fused-ring (bicyclic) bond motifs is 1. The van der Waals surface area contributed by atoms with Crippen LogP contribution < -0.4 is 5.32 Å². The van der Waals surface area contributed by atoms with Crippen LogP contribution in [0.3, 0.4) is 0 Å². The van der Waals surface area contributed by atoms with E-state index in [1.165, 1.54) is 7.11 Å². The largest absolute Gasteiger partial charge is 0.468 e. The maximum absolute atomic E-state index is 12.3. The van der Waals surface area contributed by atoms with E-state index in [9.17, 15) is 4.79 Å². The van der Waals surface area contributed by atoms with Crippen molar-refractivity contribution in [1.82, 2.24) is 10.3 Å². The summed E-state index contributed by atoms with van der Waals surface area (Å²) in [5, 5.41) is 5.54. The topological polar surface area (TPSA) is 51.2 Å². The first-order valence-corrected chi connectivity index (χ1v) is 7.89. The molecular weight excluding hydrogens is 300 g/mol. The van der Waals surface area contributed by atoms with Gasteiger partial charge in [-0.25, -0.2) is 4.79 Å². The summed E-state index contributed by atoms with van der Waals surface area (Å²) in [6.45, 7) is 2.51. The van der Waals surface area contributed by atoms with Crippen molar-refractivity contribution < 1.29 is 9.53 Å². The van der Waals surface area contributed by atoms with E-state index in [0.717, 1.165) is 27.6 Å². The lowest BCUT2D eigenvalue weighted by Crippen LogP contribution is -2.29. The van der Waals surface area contributed by atoms with E-state index in [0.29, 0.717) is 6.54 Å². The molecule has 0 saturated heterocycles. The Kier molecular flexibility index (Phi) is 4.87. The number of hydrogen-bond acceptors (Lipinski definition) is 4. The van der Waals surface area contributed by atoms with Gasteiger partial charge >= 0.3 is 5.97 Å². The second kappa shape index (κ2) is 7.23. The van der Waals surface area contributed by atoms with Crippen LogP contribution in [0.15, 0.2) is 60.8 Å². The van der Waals surface area contributed by atoms with Gasteiger partial charge < -0.3 is 4.74 Å². The predicted molar refractivity (Wildman–Crippen MR) is 94.5 cm³/mol. The van der Waals surface area contributed by atoms with Crippen LogP contribution in [0.2, 0.25) is 0 Å². The Labute approximate surface area is 141 Å². The maximum atomic E-state index is 12.3. The summed E-state index contributed by atoms with van der Waals surface area (Å²) in [5.74, 6) is -0.299.